The molecule has 1 aliphatic heterocycles. The smallest absolute Gasteiger partial charge is 0.254 e. The number of hydrogen-bond donors (Lipinski definition) is 1. The molecule has 102 valence electrons. The Bertz CT molecular complexity index is 485. The minimum absolute atomic E-state index is 0.00894. The summed E-state index contributed by atoms with van der Waals surface area (Å²) in [6, 6.07) is 7.52. The minimum atomic E-state index is -0.339. The van der Waals surface area contributed by atoms with Gasteiger partial charge in [-0.2, -0.15) is 0 Å². The van der Waals surface area contributed by atoms with E-state index in [0.29, 0.717) is 12.1 Å². The Labute approximate surface area is 113 Å². The third-order valence-electron chi connectivity index (χ3n) is 3.59. The molecule has 1 aliphatic rings. The fourth-order valence-corrected chi connectivity index (χ4v) is 2.66. The van der Waals surface area contributed by atoms with E-state index in [1.807, 2.05) is 36.1 Å². The SMILES string of the molecule is Cc1cccc(C(=O)N2CCCC[C@H]2CC(N)=O)c1. The molecule has 0 unspecified atom stereocenters. The van der Waals surface area contributed by atoms with Crippen molar-refractivity contribution in [2.75, 3.05) is 6.54 Å². The molecule has 1 heterocycles. The van der Waals surface area contributed by atoms with Crippen LogP contribution in [0.3, 0.4) is 0 Å². The van der Waals surface area contributed by atoms with Crippen LogP contribution in [0.25, 0.3) is 0 Å². The van der Waals surface area contributed by atoms with Gasteiger partial charge in [0.05, 0.1) is 0 Å². The van der Waals surface area contributed by atoms with Crippen molar-refractivity contribution < 1.29 is 9.59 Å². The van der Waals surface area contributed by atoms with Gasteiger partial charge in [-0.25, -0.2) is 0 Å². The Morgan fingerprint density at radius 2 is 2.16 bits per heavy atom. The summed E-state index contributed by atoms with van der Waals surface area (Å²) in [5.41, 5.74) is 7.03. The Morgan fingerprint density at radius 3 is 2.84 bits per heavy atom. The number of nitrogens with zero attached hydrogens (tertiary/aromatic N) is 1. The largest absolute Gasteiger partial charge is 0.370 e. The molecule has 1 aromatic rings. The van der Waals surface area contributed by atoms with Crippen LogP contribution in [0.1, 0.15) is 41.6 Å². The Morgan fingerprint density at radius 1 is 1.37 bits per heavy atom. The monoisotopic (exact) mass is 260 g/mol. The van der Waals surface area contributed by atoms with Crippen LogP contribution < -0.4 is 5.73 Å². The number of benzene rings is 1. The highest BCUT2D eigenvalue weighted by atomic mass is 16.2. The van der Waals surface area contributed by atoms with Crippen molar-refractivity contribution in [3.8, 4) is 0 Å². The summed E-state index contributed by atoms with van der Waals surface area (Å²) in [6.45, 7) is 2.68. The van der Waals surface area contributed by atoms with Gasteiger partial charge in [-0.15, -0.1) is 0 Å². The number of rotatable bonds is 3. The molecule has 2 rings (SSSR count). The lowest BCUT2D eigenvalue weighted by Crippen LogP contribution is -2.45. The molecule has 0 aromatic heterocycles. The van der Waals surface area contributed by atoms with Gasteiger partial charge in [0.25, 0.3) is 5.91 Å². The lowest BCUT2D eigenvalue weighted by Gasteiger charge is -2.35. The highest BCUT2D eigenvalue weighted by Gasteiger charge is 2.28. The van der Waals surface area contributed by atoms with Gasteiger partial charge >= 0.3 is 0 Å². The predicted octanol–water partition coefficient (Wildman–Crippen LogP) is 1.87. The van der Waals surface area contributed by atoms with Gasteiger partial charge in [0.15, 0.2) is 0 Å². The van der Waals surface area contributed by atoms with Crippen LogP contribution in [0.4, 0.5) is 0 Å². The van der Waals surface area contributed by atoms with Gasteiger partial charge in [-0.3, -0.25) is 9.59 Å². The summed E-state index contributed by atoms with van der Waals surface area (Å²) in [5, 5.41) is 0. The molecule has 0 saturated carbocycles. The lowest BCUT2D eigenvalue weighted by atomic mass is 9.97. The van der Waals surface area contributed by atoms with Gasteiger partial charge in [-0.1, -0.05) is 17.7 Å². The van der Waals surface area contributed by atoms with Gasteiger partial charge < -0.3 is 10.6 Å². The molecule has 0 aliphatic carbocycles. The zero-order valence-electron chi connectivity index (χ0n) is 11.3. The second-order valence-electron chi connectivity index (χ2n) is 5.19. The summed E-state index contributed by atoms with van der Waals surface area (Å²) in [6.07, 6.45) is 3.17. The molecule has 1 aromatic carbocycles. The summed E-state index contributed by atoms with van der Waals surface area (Å²) in [7, 11) is 0. The standard InChI is InChI=1S/C15H20N2O2/c1-11-5-4-6-12(9-11)15(19)17-8-3-2-7-13(17)10-14(16)18/h4-6,9,13H,2-3,7-8,10H2,1H3,(H2,16,18)/t13-/m0/s1. The number of amides is 2. The van der Waals surface area contributed by atoms with Gasteiger partial charge in [0.1, 0.15) is 0 Å². The first-order valence-corrected chi connectivity index (χ1v) is 6.74. The fraction of sp³-hybridized carbons (Fsp3) is 0.467. The van der Waals surface area contributed by atoms with Crippen LogP contribution in [0.2, 0.25) is 0 Å². The molecule has 0 spiro atoms. The van der Waals surface area contributed by atoms with Crippen LogP contribution in [-0.2, 0) is 4.79 Å². The second kappa shape index (κ2) is 5.87. The molecule has 2 amide bonds. The molecule has 4 heteroatoms. The van der Waals surface area contributed by atoms with E-state index in [-0.39, 0.29) is 24.3 Å². The van der Waals surface area contributed by atoms with Gasteiger partial charge in [0.2, 0.25) is 5.91 Å². The maximum atomic E-state index is 12.5. The van der Waals surface area contributed by atoms with Crippen molar-refractivity contribution in [1.29, 1.82) is 0 Å². The summed E-state index contributed by atoms with van der Waals surface area (Å²) in [4.78, 5) is 25.4. The zero-order valence-corrected chi connectivity index (χ0v) is 11.3. The Kier molecular flexibility index (Phi) is 4.20. The molecule has 1 atom stereocenters. The zero-order chi connectivity index (χ0) is 13.8. The van der Waals surface area contributed by atoms with Crippen LogP contribution in [-0.4, -0.2) is 29.3 Å². The molecule has 1 fully saturated rings. The minimum Gasteiger partial charge on any atom is -0.370 e. The molecular weight excluding hydrogens is 240 g/mol. The van der Waals surface area contributed by atoms with Crippen LogP contribution in [0.5, 0.6) is 0 Å². The highest BCUT2D eigenvalue weighted by molar-refractivity contribution is 5.95. The Balaban J connectivity index is 2.17. The van der Waals surface area contributed by atoms with Crippen LogP contribution in [0, 0.1) is 6.92 Å². The third kappa shape index (κ3) is 3.34. The Hall–Kier alpha value is -1.84. The first kappa shape index (κ1) is 13.6. The van der Waals surface area contributed by atoms with Crippen molar-refractivity contribution >= 4 is 11.8 Å². The van der Waals surface area contributed by atoms with Gasteiger partial charge in [0, 0.05) is 24.6 Å². The van der Waals surface area contributed by atoms with Crippen molar-refractivity contribution in [3.05, 3.63) is 35.4 Å². The van der Waals surface area contributed by atoms with E-state index in [1.54, 1.807) is 0 Å². The maximum Gasteiger partial charge on any atom is 0.254 e. The number of primary amides is 1. The molecule has 0 radical (unpaired) electrons. The summed E-state index contributed by atoms with van der Waals surface area (Å²) >= 11 is 0. The molecular formula is C15H20N2O2. The summed E-state index contributed by atoms with van der Waals surface area (Å²) in [5.74, 6) is -0.330. The van der Waals surface area contributed by atoms with Crippen molar-refractivity contribution in [1.82, 2.24) is 4.90 Å². The normalized spacial score (nSPS) is 19.2. The molecule has 19 heavy (non-hydrogen) atoms. The number of hydrogen-bond acceptors (Lipinski definition) is 2. The average molecular weight is 260 g/mol. The number of likely N-dealkylation sites (tertiary alicyclic amines) is 1. The molecule has 1 saturated heterocycles. The number of nitrogens with two attached hydrogens (primary N) is 1. The number of carbonyl (C=O) groups excluding carboxylic acids is 2. The lowest BCUT2D eigenvalue weighted by molar-refractivity contribution is -0.119. The molecule has 2 N–H and O–H groups in total. The van der Waals surface area contributed by atoms with E-state index in [9.17, 15) is 9.59 Å². The molecule has 4 nitrogen and oxygen atoms in total. The van der Waals surface area contributed by atoms with E-state index in [0.717, 1.165) is 24.8 Å². The van der Waals surface area contributed by atoms with Crippen LogP contribution >= 0.6 is 0 Å². The van der Waals surface area contributed by atoms with E-state index < -0.39 is 0 Å². The third-order valence-corrected chi connectivity index (χ3v) is 3.59. The second-order valence-corrected chi connectivity index (χ2v) is 5.19. The van der Waals surface area contributed by atoms with Crippen molar-refractivity contribution in [3.63, 3.8) is 0 Å². The topological polar surface area (TPSA) is 63.4 Å². The fourth-order valence-electron chi connectivity index (χ4n) is 2.66. The predicted molar refractivity (Wildman–Crippen MR) is 73.7 cm³/mol. The van der Waals surface area contributed by atoms with E-state index >= 15 is 0 Å². The number of carbonyl (C=O) groups is 2. The first-order valence-electron chi connectivity index (χ1n) is 6.74. The van der Waals surface area contributed by atoms with Crippen molar-refractivity contribution in [2.45, 2.75) is 38.6 Å². The van der Waals surface area contributed by atoms with Crippen LogP contribution in [0.15, 0.2) is 24.3 Å². The maximum absolute atomic E-state index is 12.5. The van der Waals surface area contributed by atoms with E-state index in [4.69, 9.17) is 5.73 Å². The number of aryl methyl sites for hydroxylation is 1. The summed E-state index contributed by atoms with van der Waals surface area (Å²) < 4.78 is 0. The first-order chi connectivity index (χ1) is 9.08. The van der Waals surface area contributed by atoms with Crippen molar-refractivity contribution in [2.24, 2.45) is 5.73 Å². The number of piperidine rings is 1. The van der Waals surface area contributed by atoms with E-state index in [1.165, 1.54) is 0 Å². The molecule has 0 bridgehead atoms. The van der Waals surface area contributed by atoms with Gasteiger partial charge in [-0.05, 0) is 38.3 Å². The van der Waals surface area contributed by atoms with E-state index in [2.05, 4.69) is 0 Å². The average Bonchev–Trinajstić information content (AvgIpc) is 2.38. The highest BCUT2D eigenvalue weighted by Crippen LogP contribution is 2.22. The quantitative estimate of drug-likeness (QED) is 0.901.